The third kappa shape index (κ3) is 4.23. The van der Waals surface area contributed by atoms with E-state index in [1.807, 2.05) is 29.6 Å². The summed E-state index contributed by atoms with van der Waals surface area (Å²) in [7, 11) is 0. The minimum atomic E-state index is 0.245. The van der Waals surface area contributed by atoms with Gasteiger partial charge in [-0.2, -0.15) is 0 Å². The fourth-order valence-corrected chi connectivity index (χ4v) is 3.14. The van der Waals surface area contributed by atoms with Crippen LogP contribution in [0.4, 0.5) is 0 Å². The SMILES string of the molecule is O=C(CCCSc1ccc(Br)cn1)c1cccs1. The lowest BCUT2D eigenvalue weighted by atomic mass is 10.2. The van der Waals surface area contributed by atoms with Gasteiger partial charge in [0.2, 0.25) is 0 Å². The Labute approximate surface area is 123 Å². The maximum Gasteiger partial charge on any atom is 0.172 e. The van der Waals surface area contributed by atoms with Gasteiger partial charge in [-0.25, -0.2) is 4.98 Å². The monoisotopic (exact) mass is 341 g/mol. The van der Waals surface area contributed by atoms with Crippen LogP contribution in [-0.4, -0.2) is 16.5 Å². The highest BCUT2D eigenvalue weighted by atomic mass is 79.9. The smallest absolute Gasteiger partial charge is 0.172 e. The van der Waals surface area contributed by atoms with Crippen LogP contribution in [0.3, 0.4) is 0 Å². The number of pyridine rings is 1. The first-order chi connectivity index (χ1) is 8.75. The van der Waals surface area contributed by atoms with E-state index in [-0.39, 0.29) is 5.78 Å². The second-order valence-corrected chi connectivity index (χ2v) is 6.65. The molecule has 0 N–H and O–H groups in total. The molecule has 2 heterocycles. The van der Waals surface area contributed by atoms with Crippen LogP contribution in [0.15, 0.2) is 45.3 Å². The molecule has 0 aliphatic rings. The maximum absolute atomic E-state index is 11.7. The Morgan fingerprint density at radius 2 is 2.28 bits per heavy atom. The number of nitrogens with zero attached hydrogens (tertiary/aromatic N) is 1. The molecule has 0 amide bonds. The lowest BCUT2D eigenvalue weighted by molar-refractivity contribution is 0.0986. The van der Waals surface area contributed by atoms with E-state index >= 15 is 0 Å². The molecular weight excluding hydrogens is 330 g/mol. The molecule has 0 radical (unpaired) electrons. The van der Waals surface area contributed by atoms with Gasteiger partial charge in [0.1, 0.15) is 0 Å². The molecule has 0 saturated carbocycles. The molecule has 94 valence electrons. The highest BCUT2D eigenvalue weighted by molar-refractivity contribution is 9.10. The zero-order chi connectivity index (χ0) is 12.8. The number of thioether (sulfide) groups is 1. The van der Waals surface area contributed by atoms with Gasteiger partial charge in [-0.3, -0.25) is 4.79 Å². The van der Waals surface area contributed by atoms with Crippen LogP contribution >= 0.6 is 39.0 Å². The van der Waals surface area contributed by atoms with Gasteiger partial charge in [0.25, 0.3) is 0 Å². The predicted molar refractivity (Wildman–Crippen MR) is 80.5 cm³/mol. The summed E-state index contributed by atoms with van der Waals surface area (Å²) < 4.78 is 0.986. The first-order valence-corrected chi connectivity index (χ1v) is 8.22. The number of halogens is 1. The first-order valence-electron chi connectivity index (χ1n) is 5.57. The normalized spacial score (nSPS) is 10.5. The van der Waals surface area contributed by atoms with Crippen LogP contribution in [0.1, 0.15) is 22.5 Å². The zero-order valence-corrected chi connectivity index (χ0v) is 12.9. The summed E-state index contributed by atoms with van der Waals surface area (Å²) in [5.74, 6) is 1.17. The molecule has 0 atom stereocenters. The number of hydrogen-bond acceptors (Lipinski definition) is 4. The van der Waals surface area contributed by atoms with Gasteiger partial charge in [-0.05, 0) is 51.7 Å². The number of ketones is 1. The minimum Gasteiger partial charge on any atom is -0.293 e. The minimum absolute atomic E-state index is 0.245. The van der Waals surface area contributed by atoms with Crippen LogP contribution in [0, 0.1) is 0 Å². The summed E-state index contributed by atoms with van der Waals surface area (Å²) >= 11 is 6.55. The molecule has 2 nitrogen and oxygen atoms in total. The van der Waals surface area contributed by atoms with Gasteiger partial charge in [-0.15, -0.1) is 23.1 Å². The molecule has 0 saturated heterocycles. The molecule has 0 unspecified atom stereocenters. The van der Waals surface area contributed by atoms with Crippen molar-refractivity contribution in [2.75, 3.05) is 5.75 Å². The fourth-order valence-electron chi connectivity index (χ4n) is 1.42. The number of aromatic nitrogens is 1. The van der Waals surface area contributed by atoms with Crippen molar-refractivity contribution in [1.29, 1.82) is 0 Å². The topological polar surface area (TPSA) is 30.0 Å². The quantitative estimate of drug-likeness (QED) is 0.434. The Kier molecular flexibility index (Phi) is 5.41. The lowest BCUT2D eigenvalue weighted by Crippen LogP contribution is -1.96. The van der Waals surface area contributed by atoms with Gasteiger partial charge in [-0.1, -0.05) is 6.07 Å². The van der Waals surface area contributed by atoms with Crippen LogP contribution in [-0.2, 0) is 0 Å². The van der Waals surface area contributed by atoms with E-state index in [0.29, 0.717) is 6.42 Å². The van der Waals surface area contributed by atoms with E-state index in [0.717, 1.165) is 26.5 Å². The van der Waals surface area contributed by atoms with Crippen molar-refractivity contribution in [3.8, 4) is 0 Å². The second-order valence-electron chi connectivity index (χ2n) is 3.67. The van der Waals surface area contributed by atoms with Crippen molar-refractivity contribution in [2.45, 2.75) is 17.9 Å². The van der Waals surface area contributed by atoms with Crippen LogP contribution < -0.4 is 0 Å². The number of thiophene rings is 1. The number of carbonyl (C=O) groups excluding carboxylic acids is 1. The van der Waals surface area contributed by atoms with Gasteiger partial charge in [0.15, 0.2) is 5.78 Å². The Morgan fingerprint density at radius 3 is 2.94 bits per heavy atom. The number of Topliss-reactive ketones (excluding diaryl/α,β-unsaturated/α-hetero) is 1. The van der Waals surface area contributed by atoms with Crippen LogP contribution in [0.25, 0.3) is 0 Å². The molecule has 18 heavy (non-hydrogen) atoms. The molecule has 0 aromatic carbocycles. The van der Waals surface area contributed by atoms with Crippen LogP contribution in [0.5, 0.6) is 0 Å². The largest absolute Gasteiger partial charge is 0.293 e. The number of hydrogen-bond donors (Lipinski definition) is 0. The standard InChI is InChI=1S/C13H12BrNOS2/c14-10-5-6-13(15-9-10)18-8-1-3-11(16)12-4-2-7-17-12/h2,4-7,9H,1,3,8H2. The fraction of sp³-hybridized carbons (Fsp3) is 0.231. The van der Waals surface area contributed by atoms with Gasteiger partial charge < -0.3 is 0 Å². The molecule has 0 spiro atoms. The third-order valence-corrected chi connectivity index (χ3v) is 4.70. The molecule has 0 fully saturated rings. The highest BCUT2D eigenvalue weighted by Crippen LogP contribution is 2.20. The van der Waals surface area contributed by atoms with Crippen molar-refractivity contribution < 1.29 is 4.79 Å². The molecule has 2 rings (SSSR count). The Bertz CT molecular complexity index is 496. The molecular formula is C13H12BrNOS2. The van der Waals surface area contributed by atoms with E-state index in [2.05, 4.69) is 20.9 Å². The summed E-state index contributed by atoms with van der Waals surface area (Å²) in [5.41, 5.74) is 0. The predicted octanol–water partition coefficient (Wildman–Crippen LogP) is 4.66. The van der Waals surface area contributed by atoms with Crippen molar-refractivity contribution in [1.82, 2.24) is 4.98 Å². The van der Waals surface area contributed by atoms with E-state index < -0.39 is 0 Å². The van der Waals surface area contributed by atoms with E-state index in [4.69, 9.17) is 0 Å². The molecule has 0 bridgehead atoms. The summed E-state index contributed by atoms with van der Waals surface area (Å²) in [4.78, 5) is 16.9. The van der Waals surface area contributed by atoms with E-state index in [1.165, 1.54) is 11.3 Å². The number of rotatable bonds is 6. The average molecular weight is 342 g/mol. The Hall–Kier alpha value is -0.650. The zero-order valence-electron chi connectivity index (χ0n) is 9.64. The highest BCUT2D eigenvalue weighted by Gasteiger charge is 2.06. The number of carbonyl (C=O) groups is 1. The Balaban J connectivity index is 1.70. The third-order valence-electron chi connectivity index (χ3n) is 2.29. The molecule has 0 aliphatic heterocycles. The summed E-state index contributed by atoms with van der Waals surface area (Å²) in [6.45, 7) is 0. The molecule has 2 aromatic rings. The van der Waals surface area contributed by atoms with Crippen molar-refractivity contribution in [3.63, 3.8) is 0 Å². The maximum atomic E-state index is 11.7. The van der Waals surface area contributed by atoms with Crippen molar-refractivity contribution in [3.05, 3.63) is 45.2 Å². The van der Waals surface area contributed by atoms with E-state index in [1.54, 1.807) is 18.0 Å². The Morgan fingerprint density at radius 1 is 1.39 bits per heavy atom. The van der Waals surface area contributed by atoms with Gasteiger partial charge in [0, 0.05) is 17.1 Å². The average Bonchev–Trinajstić information content (AvgIpc) is 2.90. The summed E-state index contributed by atoms with van der Waals surface area (Å²) in [6, 6.07) is 7.76. The first kappa shape index (κ1) is 13.8. The van der Waals surface area contributed by atoms with Crippen molar-refractivity contribution in [2.24, 2.45) is 0 Å². The molecule has 5 heteroatoms. The summed E-state index contributed by atoms with van der Waals surface area (Å²) in [6.07, 6.45) is 3.29. The lowest BCUT2D eigenvalue weighted by Gasteiger charge is -2.00. The van der Waals surface area contributed by atoms with Crippen LogP contribution in [0.2, 0.25) is 0 Å². The molecule has 0 aliphatic carbocycles. The van der Waals surface area contributed by atoms with Crippen molar-refractivity contribution >= 4 is 44.8 Å². The van der Waals surface area contributed by atoms with Gasteiger partial charge >= 0.3 is 0 Å². The summed E-state index contributed by atoms with van der Waals surface area (Å²) in [5, 5.41) is 2.94. The van der Waals surface area contributed by atoms with E-state index in [9.17, 15) is 4.79 Å². The van der Waals surface area contributed by atoms with Gasteiger partial charge in [0.05, 0.1) is 9.90 Å². The second kappa shape index (κ2) is 7.07. The molecule has 2 aromatic heterocycles.